The highest BCUT2D eigenvalue weighted by Crippen LogP contribution is 2.29. The molecule has 0 fully saturated rings. The highest BCUT2D eigenvalue weighted by molar-refractivity contribution is 7.17. The van der Waals surface area contributed by atoms with E-state index in [4.69, 9.17) is 4.42 Å². The summed E-state index contributed by atoms with van der Waals surface area (Å²) in [6.07, 6.45) is 0. The summed E-state index contributed by atoms with van der Waals surface area (Å²) in [6, 6.07) is 6.74. The van der Waals surface area contributed by atoms with Crippen LogP contribution in [0.15, 0.2) is 28.7 Å². The van der Waals surface area contributed by atoms with Gasteiger partial charge in [-0.2, -0.15) is 0 Å². The molecule has 0 aliphatic heterocycles. The van der Waals surface area contributed by atoms with Gasteiger partial charge in [-0.25, -0.2) is 0 Å². The number of carbonyl (C=O) groups excluding carboxylic acids is 2. The van der Waals surface area contributed by atoms with E-state index in [1.165, 1.54) is 18.4 Å². The van der Waals surface area contributed by atoms with E-state index in [1.807, 2.05) is 25.1 Å². The standard InChI is InChI=1S/C14H16N2O3S/c1-8-4-5-10(19-8)11-6-7-12(20-11)14(18)16-9(2)13(17)15-3/h4-7,9H,1-3H3,(H,15,17)(H,16,18)/t9-/m1/s1. The molecule has 0 radical (unpaired) electrons. The summed E-state index contributed by atoms with van der Waals surface area (Å²) < 4.78 is 5.51. The summed E-state index contributed by atoms with van der Waals surface area (Å²) >= 11 is 1.33. The lowest BCUT2D eigenvalue weighted by Crippen LogP contribution is -2.43. The molecule has 20 heavy (non-hydrogen) atoms. The van der Waals surface area contributed by atoms with E-state index >= 15 is 0 Å². The zero-order valence-electron chi connectivity index (χ0n) is 11.5. The van der Waals surface area contributed by atoms with Crippen LogP contribution in [0.3, 0.4) is 0 Å². The third kappa shape index (κ3) is 3.08. The molecule has 6 heteroatoms. The summed E-state index contributed by atoms with van der Waals surface area (Å²) in [5.41, 5.74) is 0. The summed E-state index contributed by atoms with van der Waals surface area (Å²) in [5.74, 6) is 1.08. The minimum absolute atomic E-state index is 0.225. The Hall–Kier alpha value is -2.08. The summed E-state index contributed by atoms with van der Waals surface area (Å²) in [7, 11) is 1.54. The maximum absolute atomic E-state index is 12.0. The van der Waals surface area contributed by atoms with Crippen LogP contribution in [0.1, 0.15) is 22.4 Å². The van der Waals surface area contributed by atoms with Crippen LogP contribution in [0.4, 0.5) is 0 Å². The van der Waals surface area contributed by atoms with Crippen LogP contribution in [-0.4, -0.2) is 24.9 Å². The van der Waals surface area contributed by atoms with Crippen molar-refractivity contribution < 1.29 is 14.0 Å². The largest absolute Gasteiger partial charge is 0.461 e. The molecule has 2 N–H and O–H groups in total. The lowest BCUT2D eigenvalue weighted by atomic mass is 10.3. The van der Waals surface area contributed by atoms with Crippen LogP contribution in [0.5, 0.6) is 0 Å². The fraction of sp³-hybridized carbons (Fsp3) is 0.286. The highest BCUT2D eigenvalue weighted by atomic mass is 32.1. The fourth-order valence-electron chi connectivity index (χ4n) is 1.71. The average molecular weight is 292 g/mol. The first kappa shape index (κ1) is 14.3. The normalized spacial score (nSPS) is 11.9. The number of rotatable bonds is 4. The second-order valence-corrected chi connectivity index (χ2v) is 5.47. The molecule has 0 bridgehead atoms. The number of hydrogen-bond acceptors (Lipinski definition) is 4. The number of nitrogens with one attached hydrogen (secondary N) is 2. The molecule has 0 saturated carbocycles. The minimum atomic E-state index is -0.566. The second kappa shape index (κ2) is 5.92. The first-order valence-electron chi connectivity index (χ1n) is 6.20. The molecule has 2 rings (SSSR count). The van der Waals surface area contributed by atoms with E-state index in [2.05, 4.69) is 10.6 Å². The van der Waals surface area contributed by atoms with Crippen LogP contribution in [0.25, 0.3) is 10.6 Å². The number of likely N-dealkylation sites (N-methyl/N-ethyl adjacent to an activating group) is 1. The Balaban J connectivity index is 2.09. The van der Waals surface area contributed by atoms with Crippen molar-refractivity contribution in [2.24, 2.45) is 0 Å². The van der Waals surface area contributed by atoms with Gasteiger partial charge in [-0.3, -0.25) is 9.59 Å². The van der Waals surface area contributed by atoms with Crippen molar-refractivity contribution in [2.45, 2.75) is 19.9 Å². The van der Waals surface area contributed by atoms with Crippen molar-refractivity contribution in [3.8, 4) is 10.6 Å². The smallest absolute Gasteiger partial charge is 0.262 e. The van der Waals surface area contributed by atoms with E-state index in [0.29, 0.717) is 4.88 Å². The van der Waals surface area contributed by atoms with E-state index in [-0.39, 0.29) is 11.8 Å². The molecule has 0 saturated heterocycles. The van der Waals surface area contributed by atoms with Gasteiger partial charge in [-0.1, -0.05) is 0 Å². The van der Waals surface area contributed by atoms with Gasteiger partial charge in [-0.15, -0.1) is 11.3 Å². The Morgan fingerprint density at radius 3 is 2.60 bits per heavy atom. The molecular formula is C14H16N2O3S. The average Bonchev–Trinajstić information content (AvgIpc) is 3.05. The molecule has 0 unspecified atom stereocenters. The maximum Gasteiger partial charge on any atom is 0.262 e. The van der Waals surface area contributed by atoms with E-state index in [1.54, 1.807) is 13.0 Å². The van der Waals surface area contributed by atoms with E-state index < -0.39 is 6.04 Å². The summed E-state index contributed by atoms with van der Waals surface area (Å²) in [4.78, 5) is 24.8. The molecule has 2 aromatic heterocycles. The molecule has 2 heterocycles. The molecule has 0 aliphatic carbocycles. The van der Waals surface area contributed by atoms with Crippen molar-refractivity contribution in [1.29, 1.82) is 0 Å². The summed E-state index contributed by atoms with van der Waals surface area (Å²) in [5, 5.41) is 5.14. The van der Waals surface area contributed by atoms with E-state index in [9.17, 15) is 9.59 Å². The fourth-order valence-corrected chi connectivity index (χ4v) is 2.58. The van der Waals surface area contributed by atoms with E-state index in [0.717, 1.165) is 16.4 Å². The molecule has 0 spiro atoms. The Labute approximate surface area is 121 Å². The van der Waals surface area contributed by atoms with Gasteiger partial charge < -0.3 is 15.1 Å². The van der Waals surface area contributed by atoms with Crippen molar-refractivity contribution in [3.63, 3.8) is 0 Å². The number of furan rings is 1. The highest BCUT2D eigenvalue weighted by Gasteiger charge is 2.17. The Kier molecular flexibility index (Phi) is 4.24. The van der Waals surface area contributed by atoms with Gasteiger partial charge >= 0.3 is 0 Å². The number of amides is 2. The van der Waals surface area contributed by atoms with Crippen molar-refractivity contribution in [2.75, 3.05) is 7.05 Å². The molecule has 2 amide bonds. The Morgan fingerprint density at radius 2 is 2.00 bits per heavy atom. The Morgan fingerprint density at radius 1 is 1.25 bits per heavy atom. The maximum atomic E-state index is 12.0. The topological polar surface area (TPSA) is 71.3 Å². The van der Waals surface area contributed by atoms with Gasteiger partial charge in [0.2, 0.25) is 5.91 Å². The molecule has 0 aliphatic rings. The SMILES string of the molecule is CNC(=O)[C@@H](C)NC(=O)c1ccc(-c2ccc(C)o2)s1. The van der Waals surface area contributed by atoms with Gasteiger partial charge in [0.1, 0.15) is 17.6 Å². The lowest BCUT2D eigenvalue weighted by Gasteiger charge is -2.10. The molecule has 1 atom stereocenters. The summed E-state index contributed by atoms with van der Waals surface area (Å²) in [6.45, 7) is 3.51. The number of hydrogen-bond donors (Lipinski definition) is 2. The zero-order chi connectivity index (χ0) is 14.7. The van der Waals surface area contributed by atoms with Gasteiger partial charge in [0.05, 0.1) is 9.75 Å². The predicted molar refractivity (Wildman–Crippen MR) is 77.8 cm³/mol. The molecule has 2 aromatic rings. The molecular weight excluding hydrogens is 276 g/mol. The van der Waals surface area contributed by atoms with Gasteiger partial charge in [0, 0.05) is 7.05 Å². The number of thiophene rings is 1. The minimum Gasteiger partial charge on any atom is -0.461 e. The predicted octanol–water partition coefficient (Wildman–Crippen LogP) is 2.18. The Bertz CT molecular complexity index is 630. The van der Waals surface area contributed by atoms with Crippen LogP contribution in [-0.2, 0) is 4.79 Å². The zero-order valence-corrected chi connectivity index (χ0v) is 12.3. The van der Waals surface area contributed by atoms with Crippen molar-refractivity contribution in [1.82, 2.24) is 10.6 Å². The first-order chi connectivity index (χ1) is 9.51. The van der Waals surface area contributed by atoms with Gasteiger partial charge in [0.25, 0.3) is 5.91 Å². The van der Waals surface area contributed by atoms with Crippen molar-refractivity contribution in [3.05, 3.63) is 34.9 Å². The van der Waals surface area contributed by atoms with Crippen LogP contribution in [0, 0.1) is 6.92 Å². The third-order valence-corrected chi connectivity index (χ3v) is 3.90. The number of aryl methyl sites for hydroxylation is 1. The molecule has 0 aromatic carbocycles. The van der Waals surface area contributed by atoms with Crippen LogP contribution in [0.2, 0.25) is 0 Å². The number of carbonyl (C=O) groups is 2. The molecule has 106 valence electrons. The monoisotopic (exact) mass is 292 g/mol. The first-order valence-corrected chi connectivity index (χ1v) is 7.02. The third-order valence-electron chi connectivity index (χ3n) is 2.80. The van der Waals surface area contributed by atoms with Gasteiger partial charge in [0.15, 0.2) is 0 Å². The lowest BCUT2D eigenvalue weighted by molar-refractivity contribution is -0.122. The van der Waals surface area contributed by atoms with Gasteiger partial charge in [-0.05, 0) is 38.1 Å². The molecule has 5 nitrogen and oxygen atoms in total. The van der Waals surface area contributed by atoms with Crippen molar-refractivity contribution >= 4 is 23.2 Å². The van der Waals surface area contributed by atoms with Crippen LogP contribution >= 0.6 is 11.3 Å². The van der Waals surface area contributed by atoms with Crippen LogP contribution < -0.4 is 10.6 Å². The quantitative estimate of drug-likeness (QED) is 0.907. The second-order valence-electron chi connectivity index (χ2n) is 4.38.